The van der Waals surface area contributed by atoms with Crippen LogP contribution in [0.4, 0.5) is 4.79 Å². The number of aromatic nitrogens is 3. The molecule has 0 spiro atoms. The zero-order chi connectivity index (χ0) is 15.6. The Bertz CT molecular complexity index is 490. The molecule has 1 aromatic heterocycles. The van der Waals surface area contributed by atoms with Gasteiger partial charge in [-0.15, -0.1) is 10.2 Å². The molecule has 0 saturated carbocycles. The first-order valence-electron chi connectivity index (χ1n) is 7.65. The van der Waals surface area contributed by atoms with Crippen molar-refractivity contribution in [1.29, 1.82) is 0 Å². The smallest absolute Gasteiger partial charge is 0.410 e. The van der Waals surface area contributed by atoms with Crippen LogP contribution in [0.2, 0.25) is 0 Å². The maximum Gasteiger partial charge on any atom is 0.410 e. The number of hydrogen-bond donors (Lipinski definition) is 0. The Morgan fingerprint density at radius 1 is 1.48 bits per heavy atom. The second kappa shape index (κ2) is 6.03. The third-order valence-corrected chi connectivity index (χ3v) is 3.39. The summed E-state index contributed by atoms with van der Waals surface area (Å²) in [4.78, 5) is 14.1. The van der Waals surface area contributed by atoms with Crippen molar-refractivity contribution in [3.8, 4) is 0 Å². The summed E-state index contributed by atoms with van der Waals surface area (Å²) in [7, 11) is 0. The Morgan fingerprint density at radius 3 is 2.81 bits per heavy atom. The molecule has 0 N–H and O–H groups in total. The van der Waals surface area contributed by atoms with Gasteiger partial charge in [-0.1, -0.05) is 13.8 Å². The molecule has 6 heteroatoms. The van der Waals surface area contributed by atoms with E-state index < -0.39 is 5.60 Å². The first-order valence-corrected chi connectivity index (χ1v) is 7.65. The third kappa shape index (κ3) is 3.95. The number of rotatable bonds is 3. The average Bonchev–Trinajstić information content (AvgIpc) is 2.92. The van der Waals surface area contributed by atoms with E-state index >= 15 is 0 Å². The predicted molar refractivity (Wildman–Crippen MR) is 79.8 cm³/mol. The van der Waals surface area contributed by atoms with E-state index in [1.54, 1.807) is 11.2 Å². The van der Waals surface area contributed by atoms with E-state index in [1.165, 1.54) is 0 Å². The van der Waals surface area contributed by atoms with E-state index in [1.807, 2.05) is 20.8 Å². The minimum absolute atomic E-state index is 0.0268. The maximum absolute atomic E-state index is 12.3. The summed E-state index contributed by atoms with van der Waals surface area (Å²) in [5, 5.41) is 8.27. The van der Waals surface area contributed by atoms with Crippen molar-refractivity contribution in [2.45, 2.75) is 65.6 Å². The van der Waals surface area contributed by atoms with Gasteiger partial charge in [-0.2, -0.15) is 0 Å². The topological polar surface area (TPSA) is 60.2 Å². The summed E-state index contributed by atoms with van der Waals surface area (Å²) in [5.74, 6) is 1.38. The molecular formula is C15H26N4O2. The van der Waals surface area contributed by atoms with E-state index in [4.69, 9.17) is 4.74 Å². The van der Waals surface area contributed by atoms with Crippen molar-refractivity contribution in [3.05, 3.63) is 12.2 Å². The number of nitrogens with zero attached hydrogens (tertiary/aromatic N) is 4. The van der Waals surface area contributed by atoms with E-state index in [0.29, 0.717) is 12.5 Å². The number of carbonyl (C=O) groups is 1. The SMILES string of the molecule is CC(C)Cn1cnnc1[C@H]1CCCN1C(=O)OC(C)(C)C. The fourth-order valence-corrected chi connectivity index (χ4v) is 2.63. The van der Waals surface area contributed by atoms with Crippen molar-refractivity contribution < 1.29 is 9.53 Å². The first-order chi connectivity index (χ1) is 9.78. The van der Waals surface area contributed by atoms with Crippen molar-refractivity contribution in [3.63, 3.8) is 0 Å². The molecule has 1 aromatic rings. The van der Waals surface area contributed by atoms with Gasteiger partial charge in [-0.3, -0.25) is 4.90 Å². The highest BCUT2D eigenvalue weighted by atomic mass is 16.6. The van der Waals surface area contributed by atoms with Crippen LogP contribution in [0.3, 0.4) is 0 Å². The van der Waals surface area contributed by atoms with Gasteiger partial charge in [-0.25, -0.2) is 4.79 Å². The minimum atomic E-state index is -0.476. The summed E-state index contributed by atoms with van der Waals surface area (Å²) >= 11 is 0. The Morgan fingerprint density at radius 2 is 2.19 bits per heavy atom. The summed E-state index contributed by atoms with van der Waals surface area (Å²) < 4.78 is 7.55. The monoisotopic (exact) mass is 294 g/mol. The van der Waals surface area contributed by atoms with Crippen LogP contribution in [0, 0.1) is 5.92 Å². The van der Waals surface area contributed by atoms with Crippen LogP contribution < -0.4 is 0 Å². The quantitative estimate of drug-likeness (QED) is 0.859. The maximum atomic E-state index is 12.3. The summed E-state index contributed by atoms with van der Waals surface area (Å²) in [5.41, 5.74) is -0.476. The van der Waals surface area contributed by atoms with Crippen molar-refractivity contribution in [2.24, 2.45) is 5.92 Å². The Labute approximate surface area is 126 Å². The lowest BCUT2D eigenvalue weighted by Crippen LogP contribution is -2.37. The highest BCUT2D eigenvalue weighted by Gasteiger charge is 2.35. The summed E-state index contributed by atoms with van der Waals surface area (Å²) in [6.45, 7) is 11.6. The van der Waals surface area contributed by atoms with Crippen LogP contribution >= 0.6 is 0 Å². The average molecular weight is 294 g/mol. The molecule has 0 aromatic carbocycles. The zero-order valence-electron chi connectivity index (χ0n) is 13.7. The zero-order valence-corrected chi connectivity index (χ0v) is 13.7. The van der Waals surface area contributed by atoms with Gasteiger partial charge in [0.25, 0.3) is 0 Å². The fourth-order valence-electron chi connectivity index (χ4n) is 2.63. The van der Waals surface area contributed by atoms with Gasteiger partial charge in [0, 0.05) is 13.1 Å². The standard InChI is InChI=1S/C15H26N4O2/c1-11(2)9-18-10-16-17-13(18)12-7-6-8-19(12)14(20)21-15(3,4)5/h10-12H,6-9H2,1-5H3/t12-/m1/s1. The normalized spacial score (nSPS) is 19.3. The number of carbonyl (C=O) groups excluding carboxylic acids is 1. The Balaban J connectivity index is 2.15. The number of hydrogen-bond acceptors (Lipinski definition) is 4. The third-order valence-electron chi connectivity index (χ3n) is 3.39. The number of ether oxygens (including phenoxy) is 1. The van der Waals surface area contributed by atoms with Gasteiger partial charge in [-0.05, 0) is 39.5 Å². The molecule has 6 nitrogen and oxygen atoms in total. The molecule has 1 atom stereocenters. The predicted octanol–water partition coefficient (Wildman–Crippen LogP) is 3.01. The molecule has 0 unspecified atom stereocenters. The Kier molecular flexibility index (Phi) is 4.54. The lowest BCUT2D eigenvalue weighted by atomic mass is 10.2. The van der Waals surface area contributed by atoms with Crippen LogP contribution in [0.1, 0.15) is 59.3 Å². The minimum Gasteiger partial charge on any atom is -0.444 e. The van der Waals surface area contributed by atoms with Gasteiger partial charge in [0.2, 0.25) is 0 Å². The second-order valence-corrected chi connectivity index (χ2v) is 7.07. The lowest BCUT2D eigenvalue weighted by Gasteiger charge is -2.28. The molecule has 0 bridgehead atoms. The number of amides is 1. The van der Waals surface area contributed by atoms with Crippen LogP contribution in [0.5, 0.6) is 0 Å². The van der Waals surface area contributed by atoms with Crippen molar-refractivity contribution in [1.82, 2.24) is 19.7 Å². The Hall–Kier alpha value is -1.59. The lowest BCUT2D eigenvalue weighted by molar-refractivity contribution is 0.0215. The first kappa shape index (κ1) is 15.8. The molecule has 2 heterocycles. The largest absolute Gasteiger partial charge is 0.444 e. The molecule has 1 fully saturated rings. The highest BCUT2D eigenvalue weighted by Crippen LogP contribution is 2.32. The molecule has 1 aliphatic rings. The van der Waals surface area contributed by atoms with Crippen LogP contribution in [-0.2, 0) is 11.3 Å². The molecule has 118 valence electrons. The van der Waals surface area contributed by atoms with E-state index in [2.05, 4.69) is 28.6 Å². The number of likely N-dealkylation sites (tertiary alicyclic amines) is 1. The van der Waals surface area contributed by atoms with Crippen molar-refractivity contribution in [2.75, 3.05) is 6.54 Å². The molecule has 0 aliphatic carbocycles. The fraction of sp³-hybridized carbons (Fsp3) is 0.800. The molecule has 1 saturated heterocycles. The summed E-state index contributed by atoms with van der Waals surface area (Å²) in [6.07, 6.45) is 3.37. The van der Waals surface area contributed by atoms with Gasteiger partial charge < -0.3 is 9.30 Å². The molecular weight excluding hydrogens is 268 g/mol. The van der Waals surface area contributed by atoms with E-state index in [9.17, 15) is 4.79 Å². The molecule has 1 aliphatic heterocycles. The summed E-state index contributed by atoms with van der Waals surface area (Å²) in [6, 6.07) is -0.0268. The van der Waals surface area contributed by atoms with Gasteiger partial charge in [0.15, 0.2) is 5.82 Å². The van der Waals surface area contributed by atoms with Crippen LogP contribution in [-0.4, -0.2) is 37.9 Å². The van der Waals surface area contributed by atoms with Crippen LogP contribution in [0.15, 0.2) is 6.33 Å². The van der Waals surface area contributed by atoms with Crippen molar-refractivity contribution >= 4 is 6.09 Å². The van der Waals surface area contributed by atoms with Gasteiger partial charge in [0.05, 0.1) is 6.04 Å². The highest BCUT2D eigenvalue weighted by molar-refractivity contribution is 5.69. The van der Waals surface area contributed by atoms with Gasteiger partial charge >= 0.3 is 6.09 Å². The van der Waals surface area contributed by atoms with Crippen LogP contribution in [0.25, 0.3) is 0 Å². The van der Waals surface area contributed by atoms with E-state index in [0.717, 1.165) is 25.2 Å². The second-order valence-electron chi connectivity index (χ2n) is 7.07. The molecule has 2 rings (SSSR count). The van der Waals surface area contributed by atoms with Gasteiger partial charge in [0.1, 0.15) is 11.9 Å². The molecule has 0 radical (unpaired) electrons. The van der Waals surface area contributed by atoms with E-state index in [-0.39, 0.29) is 12.1 Å². The molecule has 21 heavy (non-hydrogen) atoms. The molecule has 1 amide bonds.